The molecule has 0 aliphatic heterocycles. The third-order valence-corrected chi connectivity index (χ3v) is 16.7. The van der Waals surface area contributed by atoms with Gasteiger partial charge in [-0.25, -0.2) is 0 Å². The molecule has 0 unspecified atom stereocenters. The number of fused-ring (bicyclic) bond motifs is 5. The third kappa shape index (κ3) is 3.65. The van der Waals surface area contributed by atoms with Crippen LogP contribution in [0.1, 0.15) is 106 Å². The molecular formula is C29H52OSi. The summed E-state index contributed by atoms with van der Waals surface area (Å²) in [5.41, 5.74) is 1.42. The number of hydrogen-bond acceptors (Lipinski definition) is 1. The standard InChI is InChI=1S/C29H52OSi/c1-10-29(11-2)19-18-27(6)21(20-29)12-13-22-23-14-15-25(28(23,7)17-16-24(22)27)30-31(8,9)26(3,4)5/h10,21-25H,1,11-20H2,2-9H3/t21-,22-,23-,24-,25-,27-,28-,29-/m0/s1. The molecule has 0 spiro atoms. The summed E-state index contributed by atoms with van der Waals surface area (Å²) in [6.07, 6.45) is 16.9. The molecule has 0 bridgehead atoms. The Kier molecular flexibility index (Phi) is 5.99. The fraction of sp³-hybridized carbons (Fsp3) is 0.931. The van der Waals surface area contributed by atoms with Gasteiger partial charge in [-0.05, 0) is 122 Å². The summed E-state index contributed by atoms with van der Waals surface area (Å²) in [5.74, 6) is 3.73. The van der Waals surface area contributed by atoms with Gasteiger partial charge >= 0.3 is 0 Å². The van der Waals surface area contributed by atoms with Crippen LogP contribution in [0.15, 0.2) is 12.7 Å². The molecule has 4 aliphatic carbocycles. The van der Waals surface area contributed by atoms with Crippen LogP contribution in [0.5, 0.6) is 0 Å². The van der Waals surface area contributed by atoms with E-state index < -0.39 is 8.32 Å². The summed E-state index contributed by atoms with van der Waals surface area (Å²) in [4.78, 5) is 0. The predicted octanol–water partition coefficient (Wildman–Crippen LogP) is 9.00. The van der Waals surface area contributed by atoms with Crippen molar-refractivity contribution >= 4 is 8.32 Å². The molecule has 1 nitrogen and oxygen atoms in total. The van der Waals surface area contributed by atoms with E-state index in [2.05, 4.69) is 67.3 Å². The Hall–Kier alpha value is -0.0831. The van der Waals surface area contributed by atoms with E-state index in [1.54, 1.807) is 0 Å². The Morgan fingerprint density at radius 3 is 2.23 bits per heavy atom. The van der Waals surface area contributed by atoms with E-state index in [-0.39, 0.29) is 0 Å². The third-order valence-electron chi connectivity index (χ3n) is 12.2. The van der Waals surface area contributed by atoms with E-state index in [1.165, 1.54) is 64.2 Å². The summed E-state index contributed by atoms with van der Waals surface area (Å²) < 4.78 is 7.13. The molecule has 0 saturated heterocycles. The van der Waals surface area contributed by atoms with Gasteiger partial charge in [0.2, 0.25) is 0 Å². The highest BCUT2D eigenvalue weighted by molar-refractivity contribution is 6.74. The SMILES string of the molecule is C=C[C@]1(CC)CC[C@@]2(C)[C@@H](CC[C@@H]3[C@@H]2CC[C@]2(C)[C@@H](O[Si](C)(C)C(C)(C)C)CC[C@@H]32)C1. The summed E-state index contributed by atoms with van der Waals surface area (Å²) in [6, 6.07) is 0. The minimum Gasteiger partial charge on any atom is -0.413 e. The van der Waals surface area contributed by atoms with Gasteiger partial charge in [-0.15, -0.1) is 6.58 Å². The molecule has 8 atom stereocenters. The van der Waals surface area contributed by atoms with Gasteiger partial charge in [0.15, 0.2) is 8.32 Å². The topological polar surface area (TPSA) is 9.23 Å². The van der Waals surface area contributed by atoms with Crippen LogP contribution in [0.3, 0.4) is 0 Å². The van der Waals surface area contributed by atoms with Crippen LogP contribution in [0.4, 0.5) is 0 Å². The van der Waals surface area contributed by atoms with E-state index >= 15 is 0 Å². The van der Waals surface area contributed by atoms with Crippen molar-refractivity contribution < 1.29 is 4.43 Å². The van der Waals surface area contributed by atoms with Crippen LogP contribution in [0.25, 0.3) is 0 Å². The predicted molar refractivity (Wildman–Crippen MR) is 137 cm³/mol. The van der Waals surface area contributed by atoms with Crippen molar-refractivity contribution in [3.05, 3.63) is 12.7 Å². The van der Waals surface area contributed by atoms with E-state index in [0.717, 1.165) is 23.7 Å². The average molecular weight is 445 g/mol. The molecule has 0 amide bonds. The molecule has 0 aromatic heterocycles. The van der Waals surface area contributed by atoms with Crippen molar-refractivity contribution in [3.8, 4) is 0 Å². The minimum absolute atomic E-state index is 0.309. The zero-order valence-electron chi connectivity index (χ0n) is 22.2. The number of hydrogen-bond donors (Lipinski definition) is 0. The van der Waals surface area contributed by atoms with Gasteiger partial charge < -0.3 is 4.43 Å². The lowest BCUT2D eigenvalue weighted by Crippen LogP contribution is -2.56. The summed E-state index contributed by atoms with van der Waals surface area (Å²) in [7, 11) is -1.71. The monoisotopic (exact) mass is 444 g/mol. The lowest BCUT2D eigenvalue weighted by atomic mass is 9.43. The average Bonchev–Trinajstić information content (AvgIpc) is 3.02. The first kappa shape index (κ1) is 24.1. The molecule has 2 heteroatoms. The second-order valence-electron chi connectivity index (χ2n) is 14.3. The molecule has 0 heterocycles. The van der Waals surface area contributed by atoms with E-state index in [0.29, 0.717) is 27.4 Å². The summed E-state index contributed by atoms with van der Waals surface area (Å²) in [6.45, 7) is 24.1. The quantitative estimate of drug-likeness (QED) is 0.310. The van der Waals surface area contributed by atoms with Crippen molar-refractivity contribution in [2.45, 2.75) is 130 Å². The van der Waals surface area contributed by atoms with Crippen molar-refractivity contribution in [3.63, 3.8) is 0 Å². The maximum absolute atomic E-state index is 7.13. The van der Waals surface area contributed by atoms with E-state index in [1.807, 2.05) is 0 Å². The van der Waals surface area contributed by atoms with Gasteiger partial charge in [0.25, 0.3) is 0 Å². The molecule has 0 aromatic carbocycles. The minimum atomic E-state index is -1.71. The van der Waals surface area contributed by atoms with Gasteiger partial charge in [-0.1, -0.05) is 47.6 Å². The van der Waals surface area contributed by atoms with Crippen LogP contribution < -0.4 is 0 Å². The second kappa shape index (κ2) is 7.72. The summed E-state index contributed by atoms with van der Waals surface area (Å²) >= 11 is 0. The molecule has 0 N–H and O–H groups in total. The lowest BCUT2D eigenvalue weighted by molar-refractivity contribution is -0.131. The molecule has 4 aliphatic rings. The number of allylic oxidation sites excluding steroid dienone is 1. The highest BCUT2D eigenvalue weighted by Gasteiger charge is 2.62. The first-order chi connectivity index (χ1) is 14.3. The Labute approximate surface area is 195 Å². The van der Waals surface area contributed by atoms with Gasteiger partial charge in [0.1, 0.15) is 0 Å². The van der Waals surface area contributed by atoms with Crippen LogP contribution in [0, 0.1) is 39.9 Å². The molecule has 0 aromatic rings. The van der Waals surface area contributed by atoms with Crippen molar-refractivity contribution in [1.82, 2.24) is 0 Å². The highest BCUT2D eigenvalue weighted by Crippen LogP contribution is 2.68. The fourth-order valence-electron chi connectivity index (χ4n) is 8.70. The molecule has 4 rings (SSSR count). The highest BCUT2D eigenvalue weighted by atomic mass is 28.4. The summed E-state index contributed by atoms with van der Waals surface area (Å²) in [5, 5.41) is 0.309. The molecule has 4 fully saturated rings. The molecule has 0 radical (unpaired) electrons. The zero-order chi connectivity index (χ0) is 22.9. The first-order valence-electron chi connectivity index (χ1n) is 13.6. The lowest BCUT2D eigenvalue weighted by Gasteiger charge is -2.62. The maximum Gasteiger partial charge on any atom is 0.192 e. The Morgan fingerprint density at radius 2 is 1.61 bits per heavy atom. The Morgan fingerprint density at radius 1 is 0.935 bits per heavy atom. The van der Waals surface area contributed by atoms with Crippen molar-refractivity contribution in [2.75, 3.05) is 0 Å². The van der Waals surface area contributed by atoms with Crippen LogP contribution in [0.2, 0.25) is 18.1 Å². The van der Waals surface area contributed by atoms with Gasteiger partial charge in [-0.3, -0.25) is 0 Å². The maximum atomic E-state index is 7.13. The van der Waals surface area contributed by atoms with Gasteiger partial charge in [0, 0.05) is 0 Å². The van der Waals surface area contributed by atoms with E-state index in [4.69, 9.17) is 4.43 Å². The molecule has 31 heavy (non-hydrogen) atoms. The van der Waals surface area contributed by atoms with Crippen molar-refractivity contribution in [1.29, 1.82) is 0 Å². The second-order valence-corrected chi connectivity index (χ2v) is 19.0. The number of rotatable bonds is 4. The molecule has 178 valence electrons. The smallest absolute Gasteiger partial charge is 0.192 e. The fourth-order valence-corrected chi connectivity index (χ4v) is 10.2. The Balaban J connectivity index is 1.53. The Bertz CT molecular complexity index is 691. The van der Waals surface area contributed by atoms with Gasteiger partial charge in [0.05, 0.1) is 6.10 Å². The largest absolute Gasteiger partial charge is 0.413 e. The normalized spacial score (nSPS) is 47.9. The van der Waals surface area contributed by atoms with Gasteiger partial charge in [-0.2, -0.15) is 0 Å². The van der Waals surface area contributed by atoms with Crippen LogP contribution in [-0.2, 0) is 4.43 Å². The first-order valence-corrected chi connectivity index (χ1v) is 16.5. The molecular weight excluding hydrogens is 392 g/mol. The molecule has 4 saturated carbocycles. The van der Waals surface area contributed by atoms with E-state index in [9.17, 15) is 0 Å². The van der Waals surface area contributed by atoms with Crippen molar-refractivity contribution in [2.24, 2.45) is 39.9 Å². The van der Waals surface area contributed by atoms with Crippen LogP contribution in [-0.4, -0.2) is 14.4 Å². The zero-order valence-corrected chi connectivity index (χ0v) is 23.2. The van der Waals surface area contributed by atoms with Crippen LogP contribution >= 0.6 is 0 Å².